The molecular formula is C27H34N4O. The largest absolute Gasteiger partial charge is 0.332 e. The standard InChI is InChI=1S/C27H34N4O/c1-21-13-15-23(16-14-21)26-28-25(24-12-8-5-9-17-31(24)26)27(32)30(19-18-29(2)3)20-22-10-6-4-7-11-22/h4,6-7,10-11,13-16H,5,8-9,12,17-20H2,1-3H3. The van der Waals surface area contributed by atoms with E-state index >= 15 is 0 Å². The van der Waals surface area contributed by atoms with Gasteiger partial charge in [0.2, 0.25) is 0 Å². The molecule has 168 valence electrons. The molecule has 0 saturated carbocycles. The third-order valence-corrected chi connectivity index (χ3v) is 6.20. The first-order valence-corrected chi connectivity index (χ1v) is 11.7. The second-order valence-corrected chi connectivity index (χ2v) is 9.07. The van der Waals surface area contributed by atoms with E-state index in [1.165, 1.54) is 12.0 Å². The van der Waals surface area contributed by atoms with Gasteiger partial charge in [-0.1, -0.05) is 66.6 Å². The van der Waals surface area contributed by atoms with E-state index in [0.29, 0.717) is 18.8 Å². The molecule has 2 aromatic carbocycles. The lowest BCUT2D eigenvalue weighted by Crippen LogP contribution is -2.37. The zero-order valence-corrected chi connectivity index (χ0v) is 19.6. The van der Waals surface area contributed by atoms with Crippen LogP contribution in [0.15, 0.2) is 54.6 Å². The molecule has 3 aromatic rings. The molecule has 1 aromatic heterocycles. The van der Waals surface area contributed by atoms with Gasteiger partial charge in [-0.25, -0.2) is 4.98 Å². The van der Waals surface area contributed by atoms with Gasteiger partial charge in [0.15, 0.2) is 0 Å². The Morgan fingerprint density at radius 3 is 2.44 bits per heavy atom. The number of rotatable bonds is 7. The van der Waals surface area contributed by atoms with Gasteiger partial charge in [-0.05, 0) is 45.8 Å². The number of aryl methyl sites for hydroxylation is 1. The van der Waals surface area contributed by atoms with Crippen LogP contribution in [0.3, 0.4) is 0 Å². The number of nitrogens with zero attached hydrogens (tertiary/aromatic N) is 4. The van der Waals surface area contributed by atoms with Gasteiger partial charge in [0.25, 0.3) is 5.91 Å². The van der Waals surface area contributed by atoms with Crippen LogP contribution < -0.4 is 0 Å². The molecule has 1 aliphatic rings. The predicted molar refractivity (Wildman–Crippen MR) is 130 cm³/mol. The van der Waals surface area contributed by atoms with Gasteiger partial charge in [-0.2, -0.15) is 0 Å². The molecule has 0 saturated heterocycles. The van der Waals surface area contributed by atoms with Crippen molar-refractivity contribution in [3.8, 4) is 11.4 Å². The minimum absolute atomic E-state index is 0.0414. The Hall–Kier alpha value is -2.92. The Kier molecular flexibility index (Phi) is 7.05. The molecule has 0 bridgehead atoms. The first-order chi connectivity index (χ1) is 15.5. The number of benzene rings is 2. The van der Waals surface area contributed by atoms with E-state index in [-0.39, 0.29) is 5.91 Å². The summed E-state index contributed by atoms with van der Waals surface area (Å²) in [5, 5.41) is 0. The third-order valence-electron chi connectivity index (χ3n) is 6.20. The van der Waals surface area contributed by atoms with Crippen molar-refractivity contribution in [2.45, 2.75) is 45.7 Å². The molecule has 5 heteroatoms. The van der Waals surface area contributed by atoms with Crippen LogP contribution in [0.1, 0.15) is 46.6 Å². The van der Waals surface area contributed by atoms with Crippen molar-refractivity contribution in [2.24, 2.45) is 0 Å². The van der Waals surface area contributed by atoms with Crippen molar-refractivity contribution < 1.29 is 4.79 Å². The topological polar surface area (TPSA) is 41.4 Å². The average Bonchev–Trinajstić information content (AvgIpc) is 2.98. The van der Waals surface area contributed by atoms with Gasteiger partial charge in [-0.3, -0.25) is 4.79 Å². The summed E-state index contributed by atoms with van der Waals surface area (Å²) in [5.41, 5.74) is 5.19. The van der Waals surface area contributed by atoms with Crippen molar-refractivity contribution in [1.82, 2.24) is 19.4 Å². The number of carbonyl (C=O) groups is 1. The quantitative estimate of drug-likeness (QED) is 0.541. The van der Waals surface area contributed by atoms with E-state index in [9.17, 15) is 4.79 Å². The van der Waals surface area contributed by atoms with Crippen LogP contribution in [0.25, 0.3) is 11.4 Å². The van der Waals surface area contributed by atoms with E-state index in [4.69, 9.17) is 4.98 Å². The van der Waals surface area contributed by atoms with Gasteiger partial charge < -0.3 is 14.4 Å². The van der Waals surface area contributed by atoms with Crippen LogP contribution in [0.4, 0.5) is 0 Å². The lowest BCUT2D eigenvalue weighted by molar-refractivity contribution is 0.0725. The van der Waals surface area contributed by atoms with Crippen LogP contribution in [0.5, 0.6) is 0 Å². The summed E-state index contributed by atoms with van der Waals surface area (Å²) < 4.78 is 2.30. The minimum atomic E-state index is 0.0414. The average molecular weight is 431 g/mol. The number of imidazole rings is 1. The third kappa shape index (κ3) is 5.10. The van der Waals surface area contributed by atoms with Crippen molar-refractivity contribution in [3.63, 3.8) is 0 Å². The van der Waals surface area contributed by atoms with Gasteiger partial charge in [0.1, 0.15) is 11.5 Å². The molecule has 1 amide bonds. The first kappa shape index (κ1) is 22.3. The highest BCUT2D eigenvalue weighted by molar-refractivity contribution is 5.94. The fourth-order valence-electron chi connectivity index (χ4n) is 4.34. The van der Waals surface area contributed by atoms with E-state index in [2.05, 4.69) is 52.8 Å². The van der Waals surface area contributed by atoms with Crippen LogP contribution >= 0.6 is 0 Å². The molecule has 0 radical (unpaired) electrons. The van der Waals surface area contributed by atoms with Crippen molar-refractivity contribution in [2.75, 3.05) is 27.2 Å². The highest BCUT2D eigenvalue weighted by atomic mass is 16.2. The highest BCUT2D eigenvalue weighted by Crippen LogP contribution is 2.28. The molecular weight excluding hydrogens is 396 g/mol. The van der Waals surface area contributed by atoms with Gasteiger partial charge in [0.05, 0.1) is 5.69 Å². The number of amides is 1. The Balaban J connectivity index is 1.72. The van der Waals surface area contributed by atoms with E-state index in [1.54, 1.807) is 0 Å². The number of likely N-dealkylation sites (N-methyl/N-ethyl adjacent to an activating group) is 1. The zero-order chi connectivity index (χ0) is 22.5. The monoisotopic (exact) mass is 430 g/mol. The molecule has 4 rings (SSSR count). The van der Waals surface area contributed by atoms with E-state index in [1.807, 2.05) is 37.2 Å². The second-order valence-electron chi connectivity index (χ2n) is 9.07. The van der Waals surface area contributed by atoms with Gasteiger partial charge >= 0.3 is 0 Å². The fraction of sp³-hybridized carbons (Fsp3) is 0.407. The maximum absolute atomic E-state index is 13.9. The van der Waals surface area contributed by atoms with Crippen LogP contribution in [0, 0.1) is 6.92 Å². The molecule has 5 nitrogen and oxygen atoms in total. The number of hydrogen-bond donors (Lipinski definition) is 0. The Morgan fingerprint density at radius 2 is 1.72 bits per heavy atom. The zero-order valence-electron chi connectivity index (χ0n) is 19.6. The molecule has 0 atom stereocenters. The molecule has 0 N–H and O–H groups in total. The molecule has 2 heterocycles. The molecule has 1 aliphatic heterocycles. The van der Waals surface area contributed by atoms with E-state index in [0.717, 1.165) is 55.0 Å². The molecule has 0 unspecified atom stereocenters. The van der Waals surface area contributed by atoms with Crippen molar-refractivity contribution in [3.05, 3.63) is 77.1 Å². The van der Waals surface area contributed by atoms with Crippen LogP contribution in [0.2, 0.25) is 0 Å². The number of fused-ring (bicyclic) bond motifs is 1. The summed E-state index contributed by atoms with van der Waals surface area (Å²) in [6.07, 6.45) is 4.34. The minimum Gasteiger partial charge on any atom is -0.332 e. The Morgan fingerprint density at radius 1 is 0.969 bits per heavy atom. The maximum atomic E-state index is 13.9. The first-order valence-electron chi connectivity index (χ1n) is 11.7. The lowest BCUT2D eigenvalue weighted by atomic mass is 10.1. The summed E-state index contributed by atoms with van der Waals surface area (Å²) in [6, 6.07) is 18.7. The summed E-state index contributed by atoms with van der Waals surface area (Å²) in [6.45, 7) is 5.11. The fourth-order valence-corrected chi connectivity index (χ4v) is 4.34. The van der Waals surface area contributed by atoms with Crippen molar-refractivity contribution >= 4 is 5.91 Å². The summed E-state index contributed by atoms with van der Waals surface area (Å²) >= 11 is 0. The summed E-state index contributed by atoms with van der Waals surface area (Å²) in [7, 11) is 4.09. The molecule has 0 fully saturated rings. The summed E-state index contributed by atoms with van der Waals surface area (Å²) in [5.74, 6) is 0.970. The SMILES string of the molecule is Cc1ccc(-c2nc(C(=O)N(CCN(C)C)Cc3ccccc3)c3n2CCCCC3)cc1. The number of aromatic nitrogens is 2. The highest BCUT2D eigenvalue weighted by Gasteiger charge is 2.27. The molecule has 32 heavy (non-hydrogen) atoms. The number of carbonyl (C=O) groups excluding carboxylic acids is 1. The van der Waals surface area contributed by atoms with Gasteiger partial charge in [0, 0.05) is 31.7 Å². The Labute approximate surface area is 191 Å². The molecule has 0 spiro atoms. The smallest absolute Gasteiger partial charge is 0.274 e. The maximum Gasteiger partial charge on any atom is 0.274 e. The lowest BCUT2D eigenvalue weighted by Gasteiger charge is -2.24. The van der Waals surface area contributed by atoms with Crippen molar-refractivity contribution in [1.29, 1.82) is 0 Å². The number of hydrogen-bond acceptors (Lipinski definition) is 3. The van der Waals surface area contributed by atoms with Crippen LogP contribution in [-0.4, -0.2) is 52.4 Å². The molecule has 0 aliphatic carbocycles. The van der Waals surface area contributed by atoms with Gasteiger partial charge in [-0.15, -0.1) is 0 Å². The summed E-state index contributed by atoms with van der Waals surface area (Å²) in [4.78, 5) is 22.9. The van der Waals surface area contributed by atoms with E-state index < -0.39 is 0 Å². The second kappa shape index (κ2) is 10.1. The normalized spacial score (nSPS) is 13.6. The predicted octanol–water partition coefficient (Wildman–Crippen LogP) is 4.79. The van der Waals surface area contributed by atoms with Crippen LogP contribution in [-0.2, 0) is 19.5 Å². The Bertz CT molecular complexity index is 1040.